The summed E-state index contributed by atoms with van der Waals surface area (Å²) in [5.74, 6) is 0. The Kier molecular flexibility index (Phi) is 3.63. The summed E-state index contributed by atoms with van der Waals surface area (Å²) < 4.78 is 0. The van der Waals surface area contributed by atoms with Crippen LogP contribution in [0.4, 0.5) is 0 Å². The molecule has 0 radical (unpaired) electrons. The lowest BCUT2D eigenvalue weighted by Gasteiger charge is -2.42. The van der Waals surface area contributed by atoms with Gasteiger partial charge in [0.25, 0.3) is 0 Å². The number of nitrogens with zero attached hydrogens (tertiary/aromatic N) is 1. The van der Waals surface area contributed by atoms with Gasteiger partial charge < -0.3 is 20.4 Å². The minimum atomic E-state index is -1.15. The first kappa shape index (κ1) is 10.9. The van der Waals surface area contributed by atoms with E-state index in [1.807, 2.05) is 6.92 Å². The molecule has 0 saturated carbocycles. The Morgan fingerprint density at radius 2 is 1.85 bits per heavy atom. The Balaban J connectivity index is 2.69. The van der Waals surface area contributed by atoms with Crippen LogP contribution in [0.1, 0.15) is 6.92 Å². The molecule has 4 N–H and O–H groups in total. The zero-order valence-electron chi connectivity index (χ0n) is 7.67. The Hall–Kier alpha value is -0.200. The first-order valence-corrected chi connectivity index (χ1v) is 4.51. The largest absolute Gasteiger partial charge is 0.395 e. The molecule has 78 valence electrons. The van der Waals surface area contributed by atoms with E-state index in [0.717, 1.165) is 0 Å². The highest BCUT2D eigenvalue weighted by molar-refractivity contribution is 4.93. The van der Waals surface area contributed by atoms with Crippen molar-refractivity contribution in [2.45, 2.75) is 31.3 Å². The topological polar surface area (TPSA) is 84.2 Å². The van der Waals surface area contributed by atoms with Crippen LogP contribution in [0, 0.1) is 0 Å². The standard InChI is InChI=1S/C8H17NO4/c1-2-9-3-6(11)8(13)7(12)5(9)4-10/h5-8,10-13H,2-4H2,1H3/t5?,6-,7?,8?/m1/s1. The number of aliphatic hydroxyl groups excluding tert-OH is 4. The van der Waals surface area contributed by atoms with Crippen LogP contribution in [-0.4, -0.2) is 69.4 Å². The SMILES string of the molecule is CCN1C[C@@H](O)C(O)C(O)C1CO. The zero-order valence-corrected chi connectivity index (χ0v) is 7.67. The smallest absolute Gasteiger partial charge is 0.109 e. The van der Waals surface area contributed by atoms with Gasteiger partial charge in [0, 0.05) is 6.54 Å². The number of likely N-dealkylation sites (N-methyl/N-ethyl adjacent to an activating group) is 1. The van der Waals surface area contributed by atoms with E-state index in [1.165, 1.54) is 0 Å². The third-order valence-electron chi connectivity index (χ3n) is 2.62. The Bertz CT molecular complexity index is 164. The maximum atomic E-state index is 9.50. The van der Waals surface area contributed by atoms with Crippen LogP contribution in [0.25, 0.3) is 0 Å². The number of hydrogen-bond donors (Lipinski definition) is 4. The normalized spacial score (nSPS) is 42.2. The van der Waals surface area contributed by atoms with Crippen molar-refractivity contribution in [2.75, 3.05) is 19.7 Å². The fourth-order valence-corrected chi connectivity index (χ4v) is 1.74. The van der Waals surface area contributed by atoms with Crippen molar-refractivity contribution < 1.29 is 20.4 Å². The second kappa shape index (κ2) is 4.34. The molecule has 0 aromatic heterocycles. The Labute approximate surface area is 77.2 Å². The molecule has 0 aromatic carbocycles. The fraction of sp³-hybridized carbons (Fsp3) is 1.00. The van der Waals surface area contributed by atoms with Crippen LogP contribution in [0.15, 0.2) is 0 Å². The van der Waals surface area contributed by atoms with Crippen molar-refractivity contribution in [3.8, 4) is 0 Å². The van der Waals surface area contributed by atoms with Crippen LogP contribution in [-0.2, 0) is 0 Å². The highest BCUT2D eigenvalue weighted by atomic mass is 16.4. The molecular weight excluding hydrogens is 174 g/mol. The van der Waals surface area contributed by atoms with Gasteiger partial charge in [0.2, 0.25) is 0 Å². The summed E-state index contributed by atoms with van der Waals surface area (Å²) in [5.41, 5.74) is 0. The average Bonchev–Trinajstić information content (AvgIpc) is 2.13. The van der Waals surface area contributed by atoms with Crippen molar-refractivity contribution in [1.82, 2.24) is 4.90 Å². The van der Waals surface area contributed by atoms with Gasteiger partial charge in [-0.15, -0.1) is 0 Å². The van der Waals surface area contributed by atoms with Gasteiger partial charge in [-0.2, -0.15) is 0 Å². The summed E-state index contributed by atoms with van der Waals surface area (Å²) in [6.07, 6.45) is -3.16. The Morgan fingerprint density at radius 1 is 1.23 bits per heavy atom. The first-order valence-electron chi connectivity index (χ1n) is 4.51. The lowest BCUT2D eigenvalue weighted by molar-refractivity contribution is -0.143. The van der Waals surface area contributed by atoms with Gasteiger partial charge in [0.05, 0.1) is 18.8 Å². The van der Waals surface area contributed by atoms with E-state index in [-0.39, 0.29) is 6.61 Å². The van der Waals surface area contributed by atoms with E-state index < -0.39 is 24.4 Å². The molecule has 1 saturated heterocycles. The highest BCUT2D eigenvalue weighted by Gasteiger charge is 2.40. The molecule has 1 fully saturated rings. The summed E-state index contributed by atoms with van der Waals surface area (Å²) >= 11 is 0. The molecule has 0 amide bonds. The molecule has 5 nitrogen and oxygen atoms in total. The maximum absolute atomic E-state index is 9.50. The van der Waals surface area contributed by atoms with E-state index in [0.29, 0.717) is 13.1 Å². The van der Waals surface area contributed by atoms with Crippen LogP contribution in [0.3, 0.4) is 0 Å². The molecule has 5 heteroatoms. The number of piperidine rings is 1. The summed E-state index contributed by atoms with van der Waals surface area (Å²) in [7, 11) is 0. The lowest BCUT2D eigenvalue weighted by Crippen LogP contribution is -2.62. The molecule has 4 atom stereocenters. The van der Waals surface area contributed by atoms with E-state index >= 15 is 0 Å². The number of hydrogen-bond acceptors (Lipinski definition) is 5. The van der Waals surface area contributed by atoms with Crippen LogP contribution >= 0.6 is 0 Å². The third kappa shape index (κ3) is 2.00. The highest BCUT2D eigenvalue weighted by Crippen LogP contribution is 2.18. The summed E-state index contributed by atoms with van der Waals surface area (Å²) in [5, 5.41) is 37.1. The zero-order chi connectivity index (χ0) is 10.0. The average molecular weight is 191 g/mol. The van der Waals surface area contributed by atoms with Gasteiger partial charge >= 0.3 is 0 Å². The van der Waals surface area contributed by atoms with E-state index in [9.17, 15) is 15.3 Å². The van der Waals surface area contributed by atoms with Crippen molar-refractivity contribution in [3.05, 3.63) is 0 Å². The summed E-state index contributed by atoms with van der Waals surface area (Å²) in [6, 6.07) is -0.469. The maximum Gasteiger partial charge on any atom is 0.109 e. The minimum absolute atomic E-state index is 0.210. The van der Waals surface area contributed by atoms with Gasteiger partial charge in [-0.25, -0.2) is 0 Å². The molecule has 13 heavy (non-hydrogen) atoms. The fourth-order valence-electron chi connectivity index (χ4n) is 1.74. The molecule has 1 rings (SSSR count). The predicted octanol–water partition coefficient (Wildman–Crippen LogP) is -2.23. The number of likely N-dealkylation sites (tertiary alicyclic amines) is 1. The molecule has 0 aromatic rings. The number of β-amino-alcohol motifs (C(OH)–C–C–N with tert-alkyl or cyclic N) is 1. The molecule has 0 aliphatic carbocycles. The molecule has 1 heterocycles. The molecule has 1 aliphatic rings. The van der Waals surface area contributed by atoms with Crippen molar-refractivity contribution in [1.29, 1.82) is 0 Å². The second-order valence-electron chi connectivity index (χ2n) is 3.39. The van der Waals surface area contributed by atoms with Gasteiger partial charge in [0.1, 0.15) is 12.2 Å². The monoisotopic (exact) mass is 191 g/mol. The van der Waals surface area contributed by atoms with E-state index in [2.05, 4.69) is 0 Å². The van der Waals surface area contributed by atoms with Crippen molar-refractivity contribution in [3.63, 3.8) is 0 Å². The molecule has 0 bridgehead atoms. The third-order valence-corrected chi connectivity index (χ3v) is 2.62. The van der Waals surface area contributed by atoms with Crippen LogP contribution in [0.2, 0.25) is 0 Å². The molecule has 1 aliphatic heterocycles. The van der Waals surface area contributed by atoms with Crippen molar-refractivity contribution >= 4 is 0 Å². The van der Waals surface area contributed by atoms with E-state index in [4.69, 9.17) is 5.11 Å². The quantitative estimate of drug-likeness (QED) is 0.397. The molecular formula is C8H17NO4. The Morgan fingerprint density at radius 3 is 2.31 bits per heavy atom. The number of rotatable bonds is 2. The second-order valence-corrected chi connectivity index (χ2v) is 3.39. The molecule has 0 spiro atoms. The van der Waals surface area contributed by atoms with Gasteiger partial charge in [-0.3, -0.25) is 4.90 Å². The van der Waals surface area contributed by atoms with Crippen molar-refractivity contribution in [2.24, 2.45) is 0 Å². The summed E-state index contributed by atoms with van der Waals surface area (Å²) in [4.78, 5) is 1.75. The van der Waals surface area contributed by atoms with Crippen LogP contribution < -0.4 is 0 Å². The van der Waals surface area contributed by atoms with Crippen LogP contribution in [0.5, 0.6) is 0 Å². The minimum Gasteiger partial charge on any atom is -0.395 e. The predicted molar refractivity (Wildman–Crippen MR) is 46.1 cm³/mol. The first-order chi connectivity index (χ1) is 6.11. The lowest BCUT2D eigenvalue weighted by atomic mass is 9.94. The summed E-state index contributed by atoms with van der Waals surface area (Å²) in [6.45, 7) is 2.59. The van der Waals surface area contributed by atoms with E-state index in [1.54, 1.807) is 4.90 Å². The molecule has 3 unspecified atom stereocenters. The number of aliphatic hydroxyl groups is 4. The van der Waals surface area contributed by atoms with Gasteiger partial charge in [-0.05, 0) is 6.54 Å². The van der Waals surface area contributed by atoms with Gasteiger partial charge in [0.15, 0.2) is 0 Å². The van der Waals surface area contributed by atoms with Gasteiger partial charge in [-0.1, -0.05) is 6.92 Å².